The van der Waals surface area contributed by atoms with Crippen LogP contribution in [0.15, 0.2) is 51.5 Å². The molecule has 0 N–H and O–H groups in total. The number of benzene rings is 1. The SMILES string of the molecule is Cc1cc(C2CCCN2C(=O)c2cc(-c3ccccc3)on2)no1. The predicted molar refractivity (Wildman–Crippen MR) is 86.2 cm³/mol. The van der Waals surface area contributed by atoms with E-state index in [1.54, 1.807) is 11.0 Å². The molecule has 3 aromatic rings. The number of rotatable bonds is 3. The van der Waals surface area contributed by atoms with Gasteiger partial charge in [0, 0.05) is 24.2 Å². The highest BCUT2D eigenvalue weighted by Gasteiger charge is 2.34. The summed E-state index contributed by atoms with van der Waals surface area (Å²) in [7, 11) is 0. The second-order valence-corrected chi connectivity index (χ2v) is 5.96. The summed E-state index contributed by atoms with van der Waals surface area (Å²) in [5.41, 5.74) is 2.01. The van der Waals surface area contributed by atoms with Crippen molar-refractivity contribution in [3.63, 3.8) is 0 Å². The average molecular weight is 323 g/mol. The Morgan fingerprint density at radius 1 is 1.17 bits per heavy atom. The largest absolute Gasteiger partial charge is 0.361 e. The summed E-state index contributed by atoms with van der Waals surface area (Å²) < 4.78 is 10.5. The van der Waals surface area contributed by atoms with Crippen LogP contribution in [0.2, 0.25) is 0 Å². The molecule has 4 rings (SSSR count). The third-order valence-electron chi connectivity index (χ3n) is 4.29. The van der Waals surface area contributed by atoms with Crippen LogP contribution in [0.5, 0.6) is 0 Å². The zero-order valence-corrected chi connectivity index (χ0v) is 13.3. The first-order valence-electron chi connectivity index (χ1n) is 7.99. The number of aromatic nitrogens is 2. The maximum absolute atomic E-state index is 12.8. The van der Waals surface area contributed by atoms with Gasteiger partial charge in [-0.25, -0.2) is 0 Å². The summed E-state index contributed by atoms with van der Waals surface area (Å²) in [6.07, 6.45) is 1.81. The number of nitrogens with zero attached hydrogens (tertiary/aromatic N) is 3. The Kier molecular flexibility index (Phi) is 3.65. The van der Waals surface area contributed by atoms with Gasteiger partial charge in [-0.2, -0.15) is 0 Å². The van der Waals surface area contributed by atoms with Crippen LogP contribution in [0.4, 0.5) is 0 Å². The molecule has 0 aliphatic carbocycles. The molecule has 0 bridgehead atoms. The molecule has 1 fully saturated rings. The van der Waals surface area contributed by atoms with Crippen LogP contribution in [0.3, 0.4) is 0 Å². The monoisotopic (exact) mass is 323 g/mol. The number of hydrogen-bond donors (Lipinski definition) is 0. The summed E-state index contributed by atoms with van der Waals surface area (Å²) in [6.45, 7) is 2.53. The zero-order chi connectivity index (χ0) is 16.5. The highest BCUT2D eigenvalue weighted by molar-refractivity contribution is 5.93. The molecular formula is C18H17N3O3. The van der Waals surface area contributed by atoms with Crippen molar-refractivity contribution < 1.29 is 13.8 Å². The van der Waals surface area contributed by atoms with Gasteiger partial charge in [0.15, 0.2) is 11.5 Å². The van der Waals surface area contributed by atoms with Crippen molar-refractivity contribution in [2.24, 2.45) is 0 Å². The Hall–Kier alpha value is -2.89. The van der Waals surface area contributed by atoms with Gasteiger partial charge in [-0.05, 0) is 19.8 Å². The topological polar surface area (TPSA) is 72.4 Å². The Morgan fingerprint density at radius 3 is 2.75 bits per heavy atom. The standard InChI is InChI=1S/C18H17N3O3/c1-12-10-14(19-23-12)16-8-5-9-21(16)18(22)15-11-17(24-20-15)13-6-3-2-4-7-13/h2-4,6-7,10-11,16H,5,8-9H2,1H3. The maximum Gasteiger partial charge on any atom is 0.276 e. The fourth-order valence-corrected chi connectivity index (χ4v) is 3.12. The summed E-state index contributed by atoms with van der Waals surface area (Å²) in [5, 5.41) is 8.02. The Bertz CT molecular complexity index is 853. The molecule has 1 aliphatic heterocycles. The molecule has 0 saturated carbocycles. The first-order chi connectivity index (χ1) is 11.7. The minimum absolute atomic E-state index is 0.0631. The first-order valence-corrected chi connectivity index (χ1v) is 7.99. The number of hydrogen-bond acceptors (Lipinski definition) is 5. The molecule has 6 heteroatoms. The summed E-state index contributed by atoms with van der Waals surface area (Å²) in [4.78, 5) is 14.6. The van der Waals surface area contributed by atoms with E-state index in [-0.39, 0.29) is 11.9 Å². The zero-order valence-electron chi connectivity index (χ0n) is 13.3. The van der Waals surface area contributed by atoms with E-state index in [0.717, 1.165) is 29.9 Å². The lowest BCUT2D eigenvalue weighted by atomic mass is 10.1. The van der Waals surface area contributed by atoms with E-state index < -0.39 is 0 Å². The van der Waals surface area contributed by atoms with Gasteiger partial charge in [-0.3, -0.25) is 4.79 Å². The van der Waals surface area contributed by atoms with Gasteiger partial charge in [0.25, 0.3) is 5.91 Å². The quantitative estimate of drug-likeness (QED) is 0.736. The van der Waals surface area contributed by atoms with Crippen LogP contribution in [0.1, 0.15) is 40.8 Å². The van der Waals surface area contributed by atoms with Crippen molar-refractivity contribution in [2.45, 2.75) is 25.8 Å². The lowest BCUT2D eigenvalue weighted by Crippen LogP contribution is -2.30. The van der Waals surface area contributed by atoms with Crippen LogP contribution >= 0.6 is 0 Å². The molecule has 122 valence electrons. The van der Waals surface area contributed by atoms with E-state index in [0.29, 0.717) is 18.0 Å². The molecule has 24 heavy (non-hydrogen) atoms. The van der Waals surface area contributed by atoms with Crippen molar-refractivity contribution in [1.29, 1.82) is 0 Å². The molecular weight excluding hydrogens is 306 g/mol. The van der Waals surface area contributed by atoms with Crippen LogP contribution in [0.25, 0.3) is 11.3 Å². The Labute approximate surface area is 139 Å². The van der Waals surface area contributed by atoms with E-state index >= 15 is 0 Å². The van der Waals surface area contributed by atoms with Gasteiger partial charge < -0.3 is 13.9 Å². The average Bonchev–Trinajstić information content (AvgIpc) is 3.35. The summed E-state index contributed by atoms with van der Waals surface area (Å²) in [6, 6.07) is 13.1. The number of amides is 1. The minimum atomic E-state index is -0.135. The molecule has 1 unspecified atom stereocenters. The summed E-state index contributed by atoms with van der Waals surface area (Å²) in [5.74, 6) is 1.20. The highest BCUT2D eigenvalue weighted by atomic mass is 16.5. The smallest absolute Gasteiger partial charge is 0.276 e. The van der Waals surface area contributed by atoms with E-state index in [4.69, 9.17) is 9.05 Å². The van der Waals surface area contributed by atoms with Crippen LogP contribution in [0, 0.1) is 6.92 Å². The Morgan fingerprint density at radius 2 is 2.00 bits per heavy atom. The maximum atomic E-state index is 12.8. The molecule has 1 aromatic carbocycles. The van der Waals surface area contributed by atoms with Crippen molar-refractivity contribution in [2.75, 3.05) is 6.54 Å². The van der Waals surface area contributed by atoms with Crippen LogP contribution in [-0.4, -0.2) is 27.7 Å². The normalized spacial score (nSPS) is 17.4. The van der Waals surface area contributed by atoms with E-state index in [1.165, 1.54) is 0 Å². The third kappa shape index (κ3) is 2.60. The molecule has 1 saturated heterocycles. The number of likely N-dealkylation sites (tertiary alicyclic amines) is 1. The number of aryl methyl sites for hydroxylation is 1. The van der Waals surface area contributed by atoms with Gasteiger partial charge in [0.1, 0.15) is 11.5 Å². The minimum Gasteiger partial charge on any atom is -0.361 e. The first kappa shape index (κ1) is 14.7. The molecule has 3 heterocycles. The second-order valence-electron chi connectivity index (χ2n) is 5.96. The van der Waals surface area contributed by atoms with Gasteiger partial charge in [0.2, 0.25) is 0 Å². The second kappa shape index (κ2) is 5.96. The third-order valence-corrected chi connectivity index (χ3v) is 4.29. The van der Waals surface area contributed by atoms with E-state index in [1.807, 2.05) is 43.3 Å². The number of carbonyl (C=O) groups is 1. The molecule has 1 atom stereocenters. The molecule has 6 nitrogen and oxygen atoms in total. The molecule has 1 aliphatic rings. The van der Waals surface area contributed by atoms with E-state index in [2.05, 4.69) is 10.3 Å². The van der Waals surface area contributed by atoms with Crippen molar-refractivity contribution in [3.05, 3.63) is 59.6 Å². The molecule has 0 radical (unpaired) electrons. The van der Waals surface area contributed by atoms with Gasteiger partial charge in [-0.15, -0.1) is 0 Å². The lowest BCUT2D eigenvalue weighted by Gasteiger charge is -2.21. The molecule has 2 aromatic heterocycles. The summed E-state index contributed by atoms with van der Waals surface area (Å²) >= 11 is 0. The van der Waals surface area contributed by atoms with Crippen molar-refractivity contribution in [1.82, 2.24) is 15.2 Å². The van der Waals surface area contributed by atoms with Gasteiger partial charge in [0.05, 0.1) is 6.04 Å². The number of carbonyl (C=O) groups excluding carboxylic acids is 1. The predicted octanol–water partition coefficient (Wildman–Crippen LogP) is 3.62. The molecule has 0 spiro atoms. The van der Waals surface area contributed by atoms with E-state index in [9.17, 15) is 4.79 Å². The fourth-order valence-electron chi connectivity index (χ4n) is 3.12. The van der Waals surface area contributed by atoms with Crippen molar-refractivity contribution >= 4 is 5.91 Å². The lowest BCUT2D eigenvalue weighted by molar-refractivity contribution is 0.0720. The molecule has 1 amide bonds. The fraction of sp³-hybridized carbons (Fsp3) is 0.278. The van der Waals surface area contributed by atoms with Crippen molar-refractivity contribution in [3.8, 4) is 11.3 Å². The van der Waals surface area contributed by atoms with Crippen LogP contribution < -0.4 is 0 Å². The van der Waals surface area contributed by atoms with Gasteiger partial charge >= 0.3 is 0 Å². The van der Waals surface area contributed by atoms with Crippen LogP contribution in [-0.2, 0) is 0 Å². The highest BCUT2D eigenvalue weighted by Crippen LogP contribution is 2.33. The van der Waals surface area contributed by atoms with Gasteiger partial charge in [-0.1, -0.05) is 40.6 Å². The Balaban J connectivity index is 1.58.